The van der Waals surface area contributed by atoms with E-state index in [1.165, 1.54) is 23.1 Å². The zero-order valence-electron chi connectivity index (χ0n) is 18.5. The Kier molecular flexibility index (Phi) is 7.87. The van der Waals surface area contributed by atoms with Crippen LogP contribution in [0.2, 0.25) is 0 Å². The predicted octanol–water partition coefficient (Wildman–Crippen LogP) is 5.22. The third kappa shape index (κ3) is 6.80. The predicted molar refractivity (Wildman–Crippen MR) is 130 cm³/mol. The van der Waals surface area contributed by atoms with Crippen molar-refractivity contribution >= 4 is 45.7 Å². The molecule has 0 fully saturated rings. The minimum Gasteiger partial charge on any atom is -0.494 e. The highest BCUT2D eigenvalue weighted by Gasteiger charge is 2.15. The summed E-state index contributed by atoms with van der Waals surface area (Å²) in [6.07, 6.45) is 0. The fourth-order valence-corrected chi connectivity index (χ4v) is 4.28. The third-order valence-corrected chi connectivity index (χ3v) is 6.39. The normalized spacial score (nSPS) is 11.1. The molecule has 2 N–H and O–H groups in total. The second-order valence-electron chi connectivity index (χ2n) is 7.95. The Morgan fingerprint density at radius 3 is 2.31 bits per heavy atom. The number of amides is 2. The van der Waals surface area contributed by atoms with Crippen LogP contribution in [-0.4, -0.2) is 34.4 Å². The number of carbonyl (C=O) groups is 2. The van der Waals surface area contributed by atoms with Crippen molar-refractivity contribution in [3.8, 4) is 5.75 Å². The molecule has 32 heavy (non-hydrogen) atoms. The van der Waals surface area contributed by atoms with Crippen molar-refractivity contribution < 1.29 is 14.3 Å². The van der Waals surface area contributed by atoms with Crippen LogP contribution in [0, 0.1) is 0 Å². The largest absolute Gasteiger partial charge is 0.494 e. The van der Waals surface area contributed by atoms with Crippen LogP contribution in [0.15, 0.2) is 52.9 Å². The number of benzene rings is 2. The summed E-state index contributed by atoms with van der Waals surface area (Å²) in [5.41, 5.74) is 2.44. The quantitative estimate of drug-likeness (QED) is 0.346. The van der Waals surface area contributed by atoms with Crippen LogP contribution >= 0.6 is 23.1 Å². The number of thioether (sulfide) groups is 1. The molecule has 0 aliphatic carbocycles. The van der Waals surface area contributed by atoms with Crippen LogP contribution in [0.3, 0.4) is 0 Å². The fourth-order valence-electron chi connectivity index (χ4n) is 2.74. The summed E-state index contributed by atoms with van der Waals surface area (Å²) in [6, 6.07) is 14.7. The first-order chi connectivity index (χ1) is 15.2. The van der Waals surface area contributed by atoms with Gasteiger partial charge in [0.05, 0.1) is 12.4 Å². The van der Waals surface area contributed by atoms with Crippen molar-refractivity contribution in [2.24, 2.45) is 0 Å². The van der Waals surface area contributed by atoms with Crippen molar-refractivity contribution in [1.29, 1.82) is 0 Å². The average molecular weight is 471 g/mol. The highest BCUT2D eigenvalue weighted by atomic mass is 32.2. The van der Waals surface area contributed by atoms with Gasteiger partial charge >= 0.3 is 0 Å². The van der Waals surface area contributed by atoms with Gasteiger partial charge in [-0.05, 0) is 54.3 Å². The van der Waals surface area contributed by atoms with E-state index in [1.807, 2.05) is 31.2 Å². The molecule has 0 radical (unpaired) electrons. The Morgan fingerprint density at radius 1 is 1.00 bits per heavy atom. The highest BCUT2D eigenvalue weighted by Crippen LogP contribution is 2.27. The van der Waals surface area contributed by atoms with E-state index in [0.717, 1.165) is 11.3 Å². The second-order valence-corrected chi connectivity index (χ2v) is 10.1. The van der Waals surface area contributed by atoms with Crippen LogP contribution in [-0.2, 0) is 10.2 Å². The van der Waals surface area contributed by atoms with Crippen molar-refractivity contribution in [3.63, 3.8) is 0 Å². The van der Waals surface area contributed by atoms with Crippen LogP contribution in [0.1, 0.15) is 43.6 Å². The van der Waals surface area contributed by atoms with Gasteiger partial charge in [-0.15, -0.1) is 10.2 Å². The lowest BCUT2D eigenvalue weighted by molar-refractivity contribution is -0.113. The third-order valence-electron chi connectivity index (χ3n) is 4.42. The number of rotatable bonds is 8. The van der Waals surface area contributed by atoms with E-state index in [9.17, 15) is 9.59 Å². The molecule has 1 heterocycles. The van der Waals surface area contributed by atoms with E-state index in [2.05, 4.69) is 41.6 Å². The first-order valence-corrected chi connectivity index (χ1v) is 12.0. The number of aromatic nitrogens is 2. The van der Waals surface area contributed by atoms with Gasteiger partial charge in [0.15, 0.2) is 4.34 Å². The zero-order chi connectivity index (χ0) is 23.1. The molecule has 0 unspecified atom stereocenters. The van der Waals surface area contributed by atoms with Crippen LogP contribution in [0.5, 0.6) is 5.75 Å². The van der Waals surface area contributed by atoms with Crippen LogP contribution in [0.25, 0.3) is 0 Å². The van der Waals surface area contributed by atoms with E-state index >= 15 is 0 Å². The molecule has 0 atom stereocenters. The van der Waals surface area contributed by atoms with Gasteiger partial charge < -0.3 is 10.1 Å². The lowest BCUT2D eigenvalue weighted by Gasteiger charge is -2.18. The molecule has 2 aromatic carbocycles. The van der Waals surface area contributed by atoms with E-state index in [4.69, 9.17) is 4.74 Å². The number of nitrogens with one attached hydrogen (secondary N) is 2. The van der Waals surface area contributed by atoms with Crippen LogP contribution < -0.4 is 15.4 Å². The lowest BCUT2D eigenvalue weighted by Crippen LogP contribution is -2.14. The van der Waals surface area contributed by atoms with Gasteiger partial charge in [0.2, 0.25) is 11.0 Å². The van der Waals surface area contributed by atoms with Gasteiger partial charge in [-0.3, -0.25) is 14.9 Å². The number of ether oxygens (including phenoxy) is 1. The molecule has 168 valence electrons. The van der Waals surface area contributed by atoms with Crippen molar-refractivity contribution in [2.45, 2.75) is 37.4 Å². The number of carbonyl (C=O) groups excluding carboxylic acids is 2. The second kappa shape index (κ2) is 10.6. The first kappa shape index (κ1) is 23.7. The highest BCUT2D eigenvalue weighted by molar-refractivity contribution is 8.01. The summed E-state index contributed by atoms with van der Waals surface area (Å²) in [6.45, 7) is 8.89. The smallest absolute Gasteiger partial charge is 0.257 e. The lowest BCUT2D eigenvalue weighted by atomic mass is 9.87. The Hall–Kier alpha value is -2.91. The van der Waals surface area contributed by atoms with Gasteiger partial charge in [0.25, 0.3) is 5.91 Å². The van der Waals surface area contributed by atoms with Gasteiger partial charge in [0, 0.05) is 11.3 Å². The van der Waals surface area contributed by atoms with E-state index in [0.29, 0.717) is 27.3 Å². The van der Waals surface area contributed by atoms with Crippen molar-refractivity contribution in [3.05, 3.63) is 59.7 Å². The molecule has 9 heteroatoms. The maximum Gasteiger partial charge on any atom is 0.257 e. The molecule has 2 amide bonds. The minimum atomic E-state index is -0.244. The Labute approximate surface area is 196 Å². The zero-order valence-corrected chi connectivity index (χ0v) is 20.1. The number of hydrogen-bond acceptors (Lipinski definition) is 7. The van der Waals surface area contributed by atoms with Crippen molar-refractivity contribution in [2.75, 3.05) is 23.0 Å². The average Bonchev–Trinajstić information content (AvgIpc) is 3.20. The molecule has 0 aliphatic heterocycles. The molecule has 0 spiro atoms. The topological polar surface area (TPSA) is 93.2 Å². The Morgan fingerprint density at radius 2 is 1.69 bits per heavy atom. The molecule has 3 aromatic rings. The molecular weight excluding hydrogens is 444 g/mol. The molecule has 1 aromatic heterocycles. The van der Waals surface area contributed by atoms with Gasteiger partial charge in [-0.25, -0.2) is 0 Å². The number of nitrogens with zero attached hydrogens (tertiary/aromatic N) is 2. The molecule has 3 rings (SSSR count). The van der Waals surface area contributed by atoms with Gasteiger partial charge in [-0.2, -0.15) is 0 Å². The summed E-state index contributed by atoms with van der Waals surface area (Å²) in [5, 5.41) is 14.0. The summed E-state index contributed by atoms with van der Waals surface area (Å²) in [5.74, 6) is 0.545. The summed E-state index contributed by atoms with van der Waals surface area (Å²) >= 11 is 2.50. The Balaban J connectivity index is 1.49. The summed E-state index contributed by atoms with van der Waals surface area (Å²) in [4.78, 5) is 24.7. The summed E-state index contributed by atoms with van der Waals surface area (Å²) in [7, 11) is 0. The van der Waals surface area contributed by atoms with Gasteiger partial charge in [-0.1, -0.05) is 56.0 Å². The molecule has 0 bridgehead atoms. The van der Waals surface area contributed by atoms with E-state index in [1.54, 1.807) is 24.3 Å². The monoisotopic (exact) mass is 470 g/mol. The molecule has 0 saturated heterocycles. The molecule has 0 aliphatic rings. The van der Waals surface area contributed by atoms with E-state index < -0.39 is 0 Å². The van der Waals surface area contributed by atoms with Gasteiger partial charge in [0.1, 0.15) is 5.75 Å². The van der Waals surface area contributed by atoms with Crippen molar-refractivity contribution in [1.82, 2.24) is 10.2 Å². The maximum absolute atomic E-state index is 12.5. The SMILES string of the molecule is CCOc1ccc(NC(=O)CSc2nnc(NC(=O)c3ccc(C(C)(C)C)cc3)s2)cc1. The van der Waals surface area contributed by atoms with E-state index in [-0.39, 0.29) is 23.0 Å². The summed E-state index contributed by atoms with van der Waals surface area (Å²) < 4.78 is 5.99. The van der Waals surface area contributed by atoms with Crippen LogP contribution in [0.4, 0.5) is 10.8 Å². The standard InChI is InChI=1S/C23H26N4O3S2/c1-5-30-18-12-10-17(11-13-18)24-19(28)14-31-22-27-26-21(32-22)25-20(29)15-6-8-16(9-7-15)23(2,3)4/h6-13H,5,14H2,1-4H3,(H,24,28)(H,25,26,29). The number of anilines is 2. The molecular formula is C23H26N4O3S2. The minimum absolute atomic E-state index is 0.0274. The fraction of sp³-hybridized carbons (Fsp3) is 0.304. The molecule has 7 nitrogen and oxygen atoms in total. The molecule has 0 saturated carbocycles. The maximum atomic E-state index is 12.5. The Bertz CT molecular complexity index is 1060. The first-order valence-electron chi connectivity index (χ1n) is 10.2. The number of hydrogen-bond donors (Lipinski definition) is 2.